The van der Waals surface area contributed by atoms with Gasteiger partial charge in [-0.25, -0.2) is 0 Å². The molecular formula is C21H23ClN4O2S. The molecule has 0 spiro atoms. The molecular weight excluding hydrogens is 408 g/mol. The molecule has 0 atom stereocenters. The van der Waals surface area contributed by atoms with Crippen LogP contribution in [-0.2, 0) is 17.8 Å². The summed E-state index contributed by atoms with van der Waals surface area (Å²) in [6, 6.07) is 15.0. The molecule has 0 aliphatic rings. The lowest BCUT2D eigenvalue weighted by atomic mass is 10.1. The van der Waals surface area contributed by atoms with E-state index in [9.17, 15) is 4.79 Å². The maximum absolute atomic E-state index is 12.3. The maximum atomic E-state index is 12.3. The zero-order valence-corrected chi connectivity index (χ0v) is 18.0. The average Bonchev–Trinajstić information content (AvgIpc) is 3.11. The van der Waals surface area contributed by atoms with Crippen LogP contribution in [0.25, 0.3) is 0 Å². The van der Waals surface area contributed by atoms with E-state index in [2.05, 4.69) is 15.5 Å². The van der Waals surface area contributed by atoms with Crippen molar-refractivity contribution in [1.82, 2.24) is 14.8 Å². The number of benzene rings is 2. The van der Waals surface area contributed by atoms with Crippen LogP contribution in [0, 0.1) is 0 Å². The third-order valence-corrected chi connectivity index (χ3v) is 5.39. The molecule has 1 heterocycles. The molecule has 0 saturated carbocycles. The zero-order chi connectivity index (χ0) is 20.6. The van der Waals surface area contributed by atoms with E-state index in [0.29, 0.717) is 18.1 Å². The number of carbonyl (C=O) groups excluding carboxylic acids is 1. The van der Waals surface area contributed by atoms with Crippen molar-refractivity contribution in [3.63, 3.8) is 0 Å². The summed E-state index contributed by atoms with van der Waals surface area (Å²) in [5, 5.41) is 12.9. The lowest BCUT2D eigenvalue weighted by Crippen LogP contribution is -2.14. The Hall–Kier alpha value is -2.51. The first kappa shape index (κ1) is 21.2. The second-order valence-electron chi connectivity index (χ2n) is 6.24. The van der Waals surface area contributed by atoms with Gasteiger partial charge in [0.05, 0.1) is 12.4 Å². The van der Waals surface area contributed by atoms with Gasteiger partial charge in [-0.05, 0) is 55.8 Å². The Morgan fingerprint density at radius 3 is 2.48 bits per heavy atom. The summed E-state index contributed by atoms with van der Waals surface area (Å²) in [5.41, 5.74) is 1.85. The number of ether oxygens (including phenoxy) is 1. The number of hydrogen-bond acceptors (Lipinski definition) is 5. The van der Waals surface area contributed by atoms with Gasteiger partial charge in [-0.15, -0.1) is 10.2 Å². The Balaban J connectivity index is 1.57. The van der Waals surface area contributed by atoms with Crippen molar-refractivity contribution in [3.05, 3.63) is 64.9 Å². The summed E-state index contributed by atoms with van der Waals surface area (Å²) in [6.07, 6.45) is 0.664. The Morgan fingerprint density at radius 2 is 1.83 bits per heavy atom. The van der Waals surface area contributed by atoms with E-state index in [1.54, 1.807) is 0 Å². The molecule has 0 unspecified atom stereocenters. The molecule has 1 N–H and O–H groups in total. The minimum Gasteiger partial charge on any atom is -0.494 e. The van der Waals surface area contributed by atoms with E-state index in [1.165, 1.54) is 11.8 Å². The average molecular weight is 431 g/mol. The van der Waals surface area contributed by atoms with Crippen LogP contribution < -0.4 is 10.1 Å². The number of halogens is 1. The van der Waals surface area contributed by atoms with Gasteiger partial charge in [0.2, 0.25) is 5.91 Å². The number of anilines is 1. The molecule has 2 aromatic carbocycles. The van der Waals surface area contributed by atoms with Crippen molar-refractivity contribution in [2.45, 2.75) is 32.0 Å². The van der Waals surface area contributed by atoms with Crippen molar-refractivity contribution < 1.29 is 9.53 Å². The van der Waals surface area contributed by atoms with Crippen LogP contribution in [0.5, 0.6) is 5.75 Å². The molecule has 1 amide bonds. The van der Waals surface area contributed by atoms with Crippen LogP contribution in [0.4, 0.5) is 5.69 Å². The number of hydrogen-bond donors (Lipinski definition) is 1. The number of amides is 1. The SMILES string of the molecule is CCOc1ccc(NC(=O)CSc2nnc(Cc3ccc(Cl)cc3)n2CC)cc1. The van der Waals surface area contributed by atoms with E-state index in [1.807, 2.05) is 66.9 Å². The van der Waals surface area contributed by atoms with Crippen molar-refractivity contribution in [2.75, 3.05) is 17.7 Å². The predicted molar refractivity (Wildman–Crippen MR) is 117 cm³/mol. The molecule has 0 aliphatic heterocycles. The molecule has 1 aromatic heterocycles. The topological polar surface area (TPSA) is 69.0 Å². The Morgan fingerprint density at radius 1 is 1.10 bits per heavy atom. The van der Waals surface area contributed by atoms with Crippen LogP contribution in [0.3, 0.4) is 0 Å². The molecule has 3 rings (SSSR count). The third kappa shape index (κ3) is 5.98. The maximum Gasteiger partial charge on any atom is 0.234 e. The van der Waals surface area contributed by atoms with E-state index in [4.69, 9.17) is 16.3 Å². The van der Waals surface area contributed by atoms with Gasteiger partial charge in [0.1, 0.15) is 11.6 Å². The summed E-state index contributed by atoms with van der Waals surface area (Å²) in [5.74, 6) is 1.81. The minimum absolute atomic E-state index is 0.0935. The summed E-state index contributed by atoms with van der Waals surface area (Å²) in [7, 11) is 0. The molecule has 6 nitrogen and oxygen atoms in total. The Labute approximate surface area is 179 Å². The van der Waals surface area contributed by atoms with E-state index >= 15 is 0 Å². The van der Waals surface area contributed by atoms with Gasteiger partial charge in [0.15, 0.2) is 5.16 Å². The highest BCUT2D eigenvalue weighted by atomic mass is 35.5. The van der Waals surface area contributed by atoms with E-state index < -0.39 is 0 Å². The van der Waals surface area contributed by atoms with E-state index in [0.717, 1.165) is 34.5 Å². The predicted octanol–water partition coefficient (Wildman–Crippen LogP) is 4.67. The van der Waals surface area contributed by atoms with Crippen LogP contribution in [0.15, 0.2) is 53.7 Å². The molecule has 0 saturated heterocycles. The fourth-order valence-corrected chi connectivity index (χ4v) is 3.73. The molecule has 8 heteroatoms. The Kier molecular flexibility index (Phi) is 7.55. The zero-order valence-electron chi connectivity index (χ0n) is 16.4. The quantitative estimate of drug-likeness (QED) is 0.499. The molecule has 3 aromatic rings. The second-order valence-corrected chi connectivity index (χ2v) is 7.62. The van der Waals surface area contributed by atoms with Gasteiger partial charge < -0.3 is 14.6 Å². The molecule has 0 aliphatic carbocycles. The monoisotopic (exact) mass is 430 g/mol. The molecule has 0 bridgehead atoms. The highest BCUT2D eigenvalue weighted by Gasteiger charge is 2.14. The number of nitrogens with one attached hydrogen (secondary N) is 1. The molecule has 152 valence electrons. The number of rotatable bonds is 9. The summed E-state index contributed by atoms with van der Waals surface area (Å²) < 4.78 is 7.44. The Bertz CT molecular complexity index is 942. The number of aromatic nitrogens is 3. The largest absolute Gasteiger partial charge is 0.494 e. The minimum atomic E-state index is -0.0935. The van der Waals surface area contributed by atoms with Gasteiger partial charge in [-0.3, -0.25) is 4.79 Å². The number of thioether (sulfide) groups is 1. The molecule has 0 fully saturated rings. The third-order valence-electron chi connectivity index (χ3n) is 4.17. The van der Waals surface area contributed by atoms with Crippen LogP contribution in [-0.4, -0.2) is 33.0 Å². The smallest absolute Gasteiger partial charge is 0.234 e. The molecule has 0 radical (unpaired) electrons. The highest BCUT2D eigenvalue weighted by Crippen LogP contribution is 2.21. The van der Waals surface area contributed by atoms with Crippen molar-refractivity contribution in [1.29, 1.82) is 0 Å². The van der Waals surface area contributed by atoms with Crippen LogP contribution >= 0.6 is 23.4 Å². The highest BCUT2D eigenvalue weighted by molar-refractivity contribution is 7.99. The lowest BCUT2D eigenvalue weighted by Gasteiger charge is -2.09. The standard InChI is InChI=1S/C21H23ClN4O2S/c1-3-26-19(13-15-5-7-16(22)8-6-15)24-25-21(26)29-14-20(27)23-17-9-11-18(12-10-17)28-4-2/h5-12H,3-4,13-14H2,1-2H3,(H,23,27). The van der Waals surface area contributed by atoms with Gasteiger partial charge in [0.25, 0.3) is 0 Å². The fraction of sp³-hybridized carbons (Fsp3) is 0.286. The summed E-state index contributed by atoms with van der Waals surface area (Å²) >= 11 is 7.32. The van der Waals surface area contributed by atoms with Crippen LogP contribution in [0.2, 0.25) is 5.02 Å². The lowest BCUT2D eigenvalue weighted by molar-refractivity contribution is -0.113. The first-order valence-corrected chi connectivity index (χ1v) is 10.8. The first-order chi connectivity index (χ1) is 14.1. The first-order valence-electron chi connectivity index (χ1n) is 9.41. The normalized spacial score (nSPS) is 10.7. The van der Waals surface area contributed by atoms with Crippen LogP contribution in [0.1, 0.15) is 25.2 Å². The van der Waals surface area contributed by atoms with E-state index in [-0.39, 0.29) is 11.7 Å². The van der Waals surface area contributed by atoms with Crippen molar-refractivity contribution in [2.24, 2.45) is 0 Å². The van der Waals surface area contributed by atoms with Crippen molar-refractivity contribution >= 4 is 35.0 Å². The van der Waals surface area contributed by atoms with Gasteiger partial charge in [-0.1, -0.05) is 35.5 Å². The number of carbonyl (C=O) groups is 1. The molecule has 29 heavy (non-hydrogen) atoms. The summed E-state index contributed by atoms with van der Waals surface area (Å²) in [6.45, 7) is 5.32. The van der Waals surface area contributed by atoms with Gasteiger partial charge in [0, 0.05) is 23.7 Å². The number of nitrogens with zero attached hydrogens (tertiary/aromatic N) is 3. The van der Waals surface area contributed by atoms with Crippen molar-refractivity contribution in [3.8, 4) is 5.75 Å². The fourth-order valence-electron chi connectivity index (χ4n) is 2.79. The summed E-state index contributed by atoms with van der Waals surface area (Å²) in [4.78, 5) is 12.3. The second kappa shape index (κ2) is 10.3. The van der Waals surface area contributed by atoms with Gasteiger partial charge in [-0.2, -0.15) is 0 Å². The van der Waals surface area contributed by atoms with Gasteiger partial charge >= 0.3 is 0 Å².